The number of hydrogen-bond acceptors (Lipinski definition) is 3. The molecule has 5 nitrogen and oxygen atoms in total. The molecule has 2 aromatic rings. The van der Waals surface area contributed by atoms with Crippen LogP contribution in [0, 0.1) is 0 Å². The quantitative estimate of drug-likeness (QED) is 0.906. The zero-order chi connectivity index (χ0) is 14.5. The number of halogens is 1. The number of hydrogen-bond donors (Lipinski definition) is 2. The van der Waals surface area contributed by atoms with Crippen LogP contribution in [-0.2, 0) is 6.54 Å². The van der Waals surface area contributed by atoms with Crippen molar-refractivity contribution >= 4 is 23.5 Å². The van der Waals surface area contributed by atoms with E-state index < -0.39 is 5.97 Å². The van der Waals surface area contributed by atoms with Crippen LogP contribution in [0.15, 0.2) is 42.6 Å². The summed E-state index contributed by atoms with van der Waals surface area (Å²) >= 11 is 5.80. The van der Waals surface area contributed by atoms with Crippen molar-refractivity contribution in [3.8, 4) is 0 Å². The number of rotatable bonds is 4. The summed E-state index contributed by atoms with van der Waals surface area (Å²) in [6, 6.07) is 9.36. The zero-order valence-electron chi connectivity index (χ0n) is 10.3. The minimum Gasteiger partial charge on any atom is -0.478 e. The second-order valence-electron chi connectivity index (χ2n) is 4.03. The van der Waals surface area contributed by atoms with Crippen molar-refractivity contribution in [2.24, 2.45) is 0 Å². The third-order valence-corrected chi connectivity index (χ3v) is 2.82. The second kappa shape index (κ2) is 6.16. The van der Waals surface area contributed by atoms with Crippen LogP contribution in [0.2, 0.25) is 5.02 Å². The molecule has 0 radical (unpaired) electrons. The number of carboxylic acid groups (broad SMARTS) is 1. The molecule has 1 heterocycles. The van der Waals surface area contributed by atoms with Gasteiger partial charge in [-0.15, -0.1) is 0 Å². The minimum absolute atomic E-state index is 0.131. The molecule has 1 aromatic heterocycles. The van der Waals surface area contributed by atoms with Gasteiger partial charge in [0.15, 0.2) is 0 Å². The van der Waals surface area contributed by atoms with E-state index in [1.807, 2.05) is 0 Å². The molecular weight excluding hydrogens is 280 g/mol. The summed E-state index contributed by atoms with van der Waals surface area (Å²) in [5.41, 5.74) is 1.04. The van der Waals surface area contributed by atoms with Crippen molar-refractivity contribution in [1.29, 1.82) is 0 Å². The molecule has 0 aliphatic rings. The van der Waals surface area contributed by atoms with Crippen LogP contribution >= 0.6 is 11.6 Å². The molecule has 0 spiro atoms. The Bertz CT molecular complexity index is 658. The van der Waals surface area contributed by atoms with E-state index in [-0.39, 0.29) is 18.0 Å². The molecule has 0 aliphatic heterocycles. The van der Waals surface area contributed by atoms with Crippen molar-refractivity contribution < 1.29 is 14.7 Å². The second-order valence-corrected chi connectivity index (χ2v) is 4.47. The fourth-order valence-electron chi connectivity index (χ4n) is 1.61. The summed E-state index contributed by atoms with van der Waals surface area (Å²) in [5, 5.41) is 12.0. The van der Waals surface area contributed by atoms with Gasteiger partial charge in [0.05, 0.1) is 17.8 Å². The maximum absolute atomic E-state index is 11.9. The lowest BCUT2D eigenvalue weighted by molar-refractivity contribution is 0.0696. The number of aromatic nitrogens is 1. The highest BCUT2D eigenvalue weighted by molar-refractivity contribution is 6.30. The van der Waals surface area contributed by atoms with Crippen molar-refractivity contribution in [2.75, 3.05) is 0 Å². The fourth-order valence-corrected chi connectivity index (χ4v) is 1.80. The first-order chi connectivity index (χ1) is 9.56. The highest BCUT2D eigenvalue weighted by atomic mass is 35.5. The largest absolute Gasteiger partial charge is 0.478 e. The predicted molar refractivity (Wildman–Crippen MR) is 73.8 cm³/mol. The Labute approximate surface area is 120 Å². The van der Waals surface area contributed by atoms with Gasteiger partial charge in [-0.2, -0.15) is 0 Å². The van der Waals surface area contributed by atoms with Gasteiger partial charge in [-0.1, -0.05) is 17.7 Å². The maximum Gasteiger partial charge on any atom is 0.335 e. The maximum atomic E-state index is 11.9. The van der Waals surface area contributed by atoms with Crippen LogP contribution in [0.25, 0.3) is 0 Å². The van der Waals surface area contributed by atoms with Gasteiger partial charge in [0.2, 0.25) is 0 Å². The number of pyridine rings is 1. The van der Waals surface area contributed by atoms with E-state index in [1.165, 1.54) is 18.3 Å². The van der Waals surface area contributed by atoms with Gasteiger partial charge in [0.1, 0.15) is 0 Å². The van der Waals surface area contributed by atoms with Crippen LogP contribution in [0.1, 0.15) is 26.4 Å². The van der Waals surface area contributed by atoms with Gasteiger partial charge in [-0.05, 0) is 30.3 Å². The van der Waals surface area contributed by atoms with E-state index in [2.05, 4.69) is 10.3 Å². The first-order valence-corrected chi connectivity index (χ1v) is 6.16. The molecule has 0 fully saturated rings. The van der Waals surface area contributed by atoms with E-state index in [4.69, 9.17) is 16.7 Å². The number of carbonyl (C=O) groups excluding carboxylic acids is 1. The third-order valence-electron chi connectivity index (χ3n) is 2.58. The fraction of sp³-hybridized carbons (Fsp3) is 0.0714. The van der Waals surface area contributed by atoms with Gasteiger partial charge in [0.25, 0.3) is 5.91 Å². The van der Waals surface area contributed by atoms with Gasteiger partial charge in [-0.3, -0.25) is 9.78 Å². The van der Waals surface area contributed by atoms with Crippen molar-refractivity contribution in [3.05, 3.63) is 64.4 Å². The van der Waals surface area contributed by atoms with E-state index in [0.29, 0.717) is 16.3 Å². The summed E-state index contributed by atoms with van der Waals surface area (Å²) in [5.74, 6) is -1.33. The Hall–Kier alpha value is -2.40. The SMILES string of the molecule is O=C(O)c1ccnc(CNC(=O)c2cccc(Cl)c2)c1. The van der Waals surface area contributed by atoms with Crippen LogP contribution in [-0.4, -0.2) is 22.0 Å². The summed E-state index contributed by atoms with van der Waals surface area (Å²) in [7, 11) is 0. The number of benzene rings is 1. The molecule has 102 valence electrons. The van der Waals surface area contributed by atoms with Crippen LogP contribution in [0.3, 0.4) is 0 Å². The Balaban J connectivity index is 2.03. The topological polar surface area (TPSA) is 79.3 Å². The van der Waals surface area contributed by atoms with Crippen molar-refractivity contribution in [2.45, 2.75) is 6.54 Å². The third kappa shape index (κ3) is 3.55. The lowest BCUT2D eigenvalue weighted by atomic mass is 10.2. The Morgan fingerprint density at radius 1 is 1.20 bits per heavy atom. The normalized spacial score (nSPS) is 10.1. The van der Waals surface area contributed by atoms with Crippen molar-refractivity contribution in [3.63, 3.8) is 0 Å². The minimum atomic E-state index is -1.03. The molecule has 0 atom stereocenters. The average molecular weight is 291 g/mol. The molecule has 1 amide bonds. The number of nitrogens with one attached hydrogen (secondary N) is 1. The van der Waals surface area contributed by atoms with E-state index >= 15 is 0 Å². The molecule has 2 rings (SSSR count). The molecule has 0 saturated heterocycles. The Morgan fingerprint density at radius 2 is 2.00 bits per heavy atom. The summed E-state index contributed by atoms with van der Waals surface area (Å²) in [4.78, 5) is 26.7. The number of carboxylic acids is 1. The molecule has 1 aromatic carbocycles. The molecule has 0 saturated carbocycles. The van der Waals surface area contributed by atoms with Gasteiger partial charge in [-0.25, -0.2) is 4.79 Å². The van der Waals surface area contributed by atoms with E-state index in [0.717, 1.165) is 0 Å². The van der Waals surface area contributed by atoms with Crippen LogP contribution < -0.4 is 5.32 Å². The summed E-state index contributed by atoms with van der Waals surface area (Å²) in [6.07, 6.45) is 1.39. The summed E-state index contributed by atoms with van der Waals surface area (Å²) < 4.78 is 0. The molecule has 0 unspecified atom stereocenters. The standard InChI is InChI=1S/C14H11ClN2O3/c15-11-3-1-2-9(6-11)13(18)17-8-12-7-10(14(19)20)4-5-16-12/h1-7H,8H2,(H,17,18)(H,19,20). The molecule has 6 heteroatoms. The van der Waals surface area contributed by atoms with Crippen LogP contribution in [0.5, 0.6) is 0 Å². The highest BCUT2D eigenvalue weighted by Crippen LogP contribution is 2.10. The number of nitrogens with zero attached hydrogens (tertiary/aromatic N) is 1. The smallest absolute Gasteiger partial charge is 0.335 e. The number of carbonyl (C=O) groups is 2. The Kier molecular flexibility index (Phi) is 4.32. The molecule has 2 N–H and O–H groups in total. The average Bonchev–Trinajstić information content (AvgIpc) is 2.45. The van der Waals surface area contributed by atoms with E-state index in [1.54, 1.807) is 24.3 Å². The number of amides is 1. The lowest BCUT2D eigenvalue weighted by Gasteiger charge is -2.05. The highest BCUT2D eigenvalue weighted by Gasteiger charge is 2.08. The van der Waals surface area contributed by atoms with E-state index in [9.17, 15) is 9.59 Å². The molecule has 20 heavy (non-hydrogen) atoms. The lowest BCUT2D eigenvalue weighted by Crippen LogP contribution is -2.23. The van der Waals surface area contributed by atoms with Crippen molar-refractivity contribution in [1.82, 2.24) is 10.3 Å². The van der Waals surface area contributed by atoms with Gasteiger partial charge >= 0.3 is 5.97 Å². The predicted octanol–water partition coefficient (Wildman–Crippen LogP) is 2.36. The first kappa shape index (κ1) is 14.0. The summed E-state index contributed by atoms with van der Waals surface area (Å²) in [6.45, 7) is 0.145. The monoisotopic (exact) mass is 290 g/mol. The zero-order valence-corrected chi connectivity index (χ0v) is 11.1. The number of aromatic carboxylic acids is 1. The first-order valence-electron chi connectivity index (χ1n) is 5.78. The molecule has 0 bridgehead atoms. The van der Waals surface area contributed by atoms with Gasteiger partial charge < -0.3 is 10.4 Å². The Morgan fingerprint density at radius 3 is 2.70 bits per heavy atom. The molecular formula is C14H11ClN2O3. The molecule has 0 aliphatic carbocycles. The van der Waals surface area contributed by atoms with Gasteiger partial charge in [0, 0.05) is 16.8 Å². The van der Waals surface area contributed by atoms with Crippen LogP contribution in [0.4, 0.5) is 0 Å².